The number of anilines is 1. The predicted molar refractivity (Wildman–Crippen MR) is 116 cm³/mol. The van der Waals surface area contributed by atoms with Crippen molar-refractivity contribution in [2.45, 2.75) is 6.92 Å². The lowest BCUT2D eigenvalue weighted by molar-refractivity contribution is 0.0303. The molecule has 0 saturated carbocycles. The molecule has 1 heterocycles. The van der Waals surface area contributed by atoms with Crippen molar-refractivity contribution in [2.24, 2.45) is 0 Å². The van der Waals surface area contributed by atoms with Crippen LogP contribution in [0.5, 0.6) is 0 Å². The van der Waals surface area contributed by atoms with Gasteiger partial charge >= 0.3 is 0 Å². The maximum absolute atomic E-state index is 12.8. The van der Waals surface area contributed by atoms with E-state index in [0.717, 1.165) is 10.0 Å². The van der Waals surface area contributed by atoms with Crippen molar-refractivity contribution in [3.63, 3.8) is 0 Å². The topological polar surface area (TPSA) is 70.7 Å². The molecule has 3 rings (SSSR count). The Hall–Kier alpha value is -2.29. The number of hydrogen-bond acceptors (Lipinski definition) is 4. The van der Waals surface area contributed by atoms with Gasteiger partial charge < -0.3 is 15.0 Å². The molecule has 0 unspecified atom stereocenters. The third-order valence-electron chi connectivity index (χ3n) is 4.37. The number of nitrogens with zero attached hydrogens (tertiary/aromatic N) is 1. The number of para-hydroxylation sites is 1. The molecule has 0 spiro atoms. The lowest BCUT2D eigenvalue weighted by Crippen LogP contribution is -2.41. The number of ether oxygens (including phenoxy) is 1. The summed E-state index contributed by atoms with van der Waals surface area (Å²) in [5.41, 5.74) is 2.57. The normalized spacial score (nSPS) is 13.7. The molecule has 1 fully saturated rings. The van der Waals surface area contributed by atoms with Crippen molar-refractivity contribution in [3.8, 4) is 0 Å². The Balaban J connectivity index is 1.69. The Labute approximate surface area is 177 Å². The highest BCUT2D eigenvalue weighted by Gasteiger charge is 2.21. The number of carbonyl (C=O) groups is 2. The molecule has 1 saturated heterocycles. The summed E-state index contributed by atoms with van der Waals surface area (Å²) in [7, 11) is 0. The van der Waals surface area contributed by atoms with Gasteiger partial charge in [0.15, 0.2) is 5.11 Å². The second kappa shape index (κ2) is 9.27. The second-order valence-corrected chi connectivity index (χ2v) is 7.58. The third-order valence-corrected chi connectivity index (χ3v) is 5.42. The van der Waals surface area contributed by atoms with E-state index in [1.54, 1.807) is 41.3 Å². The minimum atomic E-state index is -0.324. The lowest BCUT2D eigenvalue weighted by atomic mass is 10.1. The number of carbonyl (C=O) groups excluding carboxylic acids is 2. The van der Waals surface area contributed by atoms with Gasteiger partial charge in [0, 0.05) is 23.1 Å². The molecule has 2 N–H and O–H groups in total. The molecule has 1 aliphatic rings. The minimum Gasteiger partial charge on any atom is -0.378 e. The number of morpholine rings is 1. The Morgan fingerprint density at radius 2 is 1.86 bits per heavy atom. The van der Waals surface area contributed by atoms with Crippen LogP contribution in [-0.2, 0) is 4.74 Å². The molecule has 0 atom stereocenters. The molecular formula is C20H20BrN3O3S. The first-order valence-corrected chi connectivity index (χ1v) is 10.0. The number of thiocarbonyl (C=S) groups is 1. The van der Waals surface area contributed by atoms with Gasteiger partial charge in [-0.2, -0.15) is 0 Å². The third kappa shape index (κ3) is 4.95. The van der Waals surface area contributed by atoms with Gasteiger partial charge in [0.25, 0.3) is 11.8 Å². The van der Waals surface area contributed by atoms with Crippen LogP contribution >= 0.6 is 28.1 Å². The Morgan fingerprint density at radius 1 is 1.14 bits per heavy atom. The van der Waals surface area contributed by atoms with Crippen LogP contribution < -0.4 is 10.6 Å². The van der Waals surface area contributed by atoms with E-state index in [1.165, 1.54) is 0 Å². The van der Waals surface area contributed by atoms with Crippen LogP contribution in [0.3, 0.4) is 0 Å². The van der Waals surface area contributed by atoms with Crippen LogP contribution in [0.15, 0.2) is 46.9 Å². The van der Waals surface area contributed by atoms with Crippen molar-refractivity contribution in [1.82, 2.24) is 10.2 Å². The molecular weight excluding hydrogens is 442 g/mol. The summed E-state index contributed by atoms with van der Waals surface area (Å²) in [4.78, 5) is 27.0. The van der Waals surface area contributed by atoms with Gasteiger partial charge in [0.1, 0.15) is 0 Å². The van der Waals surface area contributed by atoms with Crippen molar-refractivity contribution in [3.05, 3.63) is 63.6 Å². The highest BCUT2D eigenvalue weighted by molar-refractivity contribution is 9.10. The number of aryl methyl sites for hydroxylation is 1. The first-order chi connectivity index (χ1) is 13.5. The van der Waals surface area contributed by atoms with E-state index in [-0.39, 0.29) is 16.9 Å². The summed E-state index contributed by atoms with van der Waals surface area (Å²) in [5, 5.41) is 5.75. The zero-order chi connectivity index (χ0) is 20.1. The van der Waals surface area contributed by atoms with E-state index >= 15 is 0 Å². The fraction of sp³-hybridized carbons (Fsp3) is 0.250. The molecule has 2 amide bonds. The Kier molecular flexibility index (Phi) is 6.77. The van der Waals surface area contributed by atoms with Crippen LogP contribution in [-0.4, -0.2) is 48.1 Å². The standard InChI is InChI=1S/C20H20BrN3O3S/c1-13-6-7-14(12-16(13)21)18(25)23-20(28)22-17-5-3-2-4-15(17)19(26)24-8-10-27-11-9-24/h2-7,12H,8-11H2,1H3,(H2,22,23,25,28). The molecule has 0 radical (unpaired) electrons. The first-order valence-electron chi connectivity index (χ1n) is 8.80. The number of benzene rings is 2. The van der Waals surface area contributed by atoms with E-state index < -0.39 is 0 Å². The van der Waals surface area contributed by atoms with Crippen molar-refractivity contribution >= 4 is 50.8 Å². The molecule has 1 aliphatic heterocycles. The highest BCUT2D eigenvalue weighted by Crippen LogP contribution is 2.19. The summed E-state index contributed by atoms with van der Waals surface area (Å²) >= 11 is 8.69. The SMILES string of the molecule is Cc1ccc(C(=O)NC(=S)Nc2ccccc2C(=O)N2CCOCC2)cc1Br. The number of halogens is 1. The molecule has 146 valence electrons. The van der Waals surface area contributed by atoms with Crippen molar-refractivity contribution in [1.29, 1.82) is 0 Å². The summed E-state index contributed by atoms with van der Waals surface area (Å²) in [6, 6.07) is 12.4. The average molecular weight is 462 g/mol. The molecule has 6 nitrogen and oxygen atoms in total. The fourth-order valence-electron chi connectivity index (χ4n) is 2.78. The molecule has 0 aromatic heterocycles. The molecule has 0 bridgehead atoms. The molecule has 2 aromatic rings. The summed E-state index contributed by atoms with van der Waals surface area (Å²) in [5.74, 6) is -0.418. The van der Waals surface area contributed by atoms with Crippen LogP contribution in [0, 0.1) is 6.92 Å². The van der Waals surface area contributed by atoms with E-state index in [4.69, 9.17) is 17.0 Å². The minimum absolute atomic E-state index is 0.0945. The summed E-state index contributed by atoms with van der Waals surface area (Å²) in [6.45, 7) is 4.11. The quantitative estimate of drug-likeness (QED) is 0.685. The second-order valence-electron chi connectivity index (χ2n) is 6.32. The zero-order valence-corrected chi connectivity index (χ0v) is 17.7. The van der Waals surface area contributed by atoms with E-state index in [2.05, 4.69) is 26.6 Å². The summed E-state index contributed by atoms with van der Waals surface area (Å²) in [6.07, 6.45) is 0. The molecule has 28 heavy (non-hydrogen) atoms. The number of nitrogens with one attached hydrogen (secondary N) is 2. The Morgan fingerprint density at radius 3 is 2.57 bits per heavy atom. The zero-order valence-electron chi connectivity index (χ0n) is 15.3. The highest BCUT2D eigenvalue weighted by atomic mass is 79.9. The van der Waals surface area contributed by atoms with Gasteiger partial charge in [-0.25, -0.2) is 0 Å². The van der Waals surface area contributed by atoms with Gasteiger partial charge in [-0.1, -0.05) is 34.1 Å². The van der Waals surface area contributed by atoms with Gasteiger partial charge in [-0.05, 0) is 49.0 Å². The van der Waals surface area contributed by atoms with Gasteiger partial charge in [-0.3, -0.25) is 14.9 Å². The van der Waals surface area contributed by atoms with Crippen molar-refractivity contribution < 1.29 is 14.3 Å². The number of hydrogen-bond donors (Lipinski definition) is 2. The maximum atomic E-state index is 12.8. The average Bonchev–Trinajstić information content (AvgIpc) is 2.70. The maximum Gasteiger partial charge on any atom is 0.257 e. The number of amides is 2. The molecule has 0 aliphatic carbocycles. The largest absolute Gasteiger partial charge is 0.378 e. The van der Waals surface area contributed by atoms with Crippen LogP contribution in [0.2, 0.25) is 0 Å². The van der Waals surface area contributed by atoms with Gasteiger partial charge in [-0.15, -0.1) is 0 Å². The predicted octanol–water partition coefficient (Wildman–Crippen LogP) is 3.36. The smallest absolute Gasteiger partial charge is 0.257 e. The van der Waals surface area contributed by atoms with Gasteiger partial charge in [0.05, 0.1) is 24.5 Å². The van der Waals surface area contributed by atoms with Crippen LogP contribution in [0.4, 0.5) is 5.69 Å². The summed E-state index contributed by atoms with van der Waals surface area (Å²) < 4.78 is 6.15. The molecule has 2 aromatic carbocycles. The lowest BCUT2D eigenvalue weighted by Gasteiger charge is -2.27. The fourth-order valence-corrected chi connectivity index (χ4v) is 3.36. The monoisotopic (exact) mass is 461 g/mol. The van der Waals surface area contributed by atoms with E-state index in [9.17, 15) is 9.59 Å². The molecule has 8 heteroatoms. The van der Waals surface area contributed by atoms with Crippen LogP contribution in [0.1, 0.15) is 26.3 Å². The van der Waals surface area contributed by atoms with E-state index in [0.29, 0.717) is 43.1 Å². The number of rotatable bonds is 3. The Bertz CT molecular complexity index is 913. The van der Waals surface area contributed by atoms with Gasteiger partial charge in [0.2, 0.25) is 0 Å². The van der Waals surface area contributed by atoms with Crippen molar-refractivity contribution in [2.75, 3.05) is 31.6 Å². The van der Waals surface area contributed by atoms with Crippen LogP contribution in [0.25, 0.3) is 0 Å². The first kappa shape index (κ1) is 20.4. The van der Waals surface area contributed by atoms with E-state index in [1.807, 2.05) is 13.0 Å².